The molecule has 1 aliphatic rings. The van der Waals surface area contributed by atoms with E-state index in [1.807, 2.05) is 0 Å². The van der Waals surface area contributed by atoms with E-state index in [4.69, 9.17) is 0 Å². The molecule has 0 aromatic heterocycles. The minimum absolute atomic E-state index is 0.0896. The van der Waals surface area contributed by atoms with Crippen LogP contribution >= 0.6 is 0 Å². The molecule has 0 saturated carbocycles. The first-order chi connectivity index (χ1) is 8.11. The normalized spacial score (nSPS) is 17.7. The van der Waals surface area contributed by atoms with Crippen LogP contribution in [-0.4, -0.2) is 42.6 Å². The van der Waals surface area contributed by atoms with Gasteiger partial charge in [0, 0.05) is 12.8 Å². The highest BCUT2D eigenvalue weighted by atomic mass is 16.2. The lowest BCUT2D eigenvalue weighted by Gasteiger charge is -2.29. The van der Waals surface area contributed by atoms with Crippen LogP contribution in [0.2, 0.25) is 0 Å². The highest BCUT2D eigenvalue weighted by molar-refractivity contribution is 5.96. The number of hydrogen-bond acceptors (Lipinski definition) is 4. The van der Waals surface area contributed by atoms with Crippen molar-refractivity contribution in [1.29, 1.82) is 0 Å². The van der Waals surface area contributed by atoms with Gasteiger partial charge in [-0.1, -0.05) is 6.92 Å². The highest BCUT2D eigenvalue weighted by Crippen LogP contribution is 2.15. The third-order valence-corrected chi connectivity index (χ3v) is 3.01. The summed E-state index contributed by atoms with van der Waals surface area (Å²) >= 11 is 0. The van der Waals surface area contributed by atoms with Crippen molar-refractivity contribution >= 4 is 18.1 Å². The van der Waals surface area contributed by atoms with Crippen LogP contribution in [-0.2, 0) is 14.4 Å². The number of carbonyl (C=O) groups is 3. The number of likely N-dealkylation sites (tertiary alicyclic amines) is 1. The number of hydrogen-bond donors (Lipinski definition) is 1. The first-order valence-corrected chi connectivity index (χ1v) is 6.10. The molecule has 0 radical (unpaired) electrons. The van der Waals surface area contributed by atoms with Gasteiger partial charge in [-0.15, -0.1) is 0 Å². The molecule has 1 heterocycles. The number of nitrogens with one attached hydrogen (secondary N) is 1. The predicted octanol–water partition coefficient (Wildman–Crippen LogP) is 0.340. The lowest BCUT2D eigenvalue weighted by molar-refractivity contribution is -0.131. The second-order valence-corrected chi connectivity index (χ2v) is 4.64. The van der Waals surface area contributed by atoms with E-state index in [2.05, 4.69) is 17.1 Å². The van der Waals surface area contributed by atoms with Gasteiger partial charge in [0.2, 0.25) is 11.8 Å². The molecule has 0 bridgehead atoms. The van der Waals surface area contributed by atoms with Crippen molar-refractivity contribution in [3.63, 3.8) is 0 Å². The van der Waals surface area contributed by atoms with Gasteiger partial charge >= 0.3 is 0 Å². The zero-order chi connectivity index (χ0) is 12.7. The zero-order valence-corrected chi connectivity index (χ0v) is 10.3. The van der Waals surface area contributed by atoms with Crippen molar-refractivity contribution in [3.8, 4) is 0 Å². The molecule has 1 rings (SSSR count). The molecule has 0 atom stereocenters. The topological polar surface area (TPSA) is 66.5 Å². The van der Waals surface area contributed by atoms with Crippen molar-refractivity contribution in [2.45, 2.75) is 32.6 Å². The number of carbonyl (C=O) groups excluding carboxylic acids is 3. The molecule has 2 amide bonds. The SMILES string of the molecule is CC1CCN(CC(=O)NC(=O)CCC=O)CC1. The van der Waals surface area contributed by atoms with Gasteiger partial charge in [0.1, 0.15) is 6.29 Å². The minimum atomic E-state index is -0.368. The van der Waals surface area contributed by atoms with Crippen LogP contribution in [0.5, 0.6) is 0 Å². The molecule has 0 spiro atoms. The van der Waals surface area contributed by atoms with Gasteiger partial charge in [0.25, 0.3) is 0 Å². The molecule has 96 valence electrons. The summed E-state index contributed by atoms with van der Waals surface area (Å²) in [5, 5.41) is 2.29. The average molecular weight is 240 g/mol. The standard InChI is InChI=1S/C12H20N2O3/c1-10-4-6-14(7-5-10)9-12(17)13-11(16)3-2-8-15/h8,10H,2-7,9H2,1H3,(H,13,16,17). The van der Waals surface area contributed by atoms with Crippen LogP contribution in [0.25, 0.3) is 0 Å². The second-order valence-electron chi connectivity index (χ2n) is 4.64. The quantitative estimate of drug-likeness (QED) is 0.704. The lowest BCUT2D eigenvalue weighted by Crippen LogP contribution is -2.42. The van der Waals surface area contributed by atoms with Crippen molar-refractivity contribution < 1.29 is 14.4 Å². The third-order valence-electron chi connectivity index (χ3n) is 3.01. The predicted molar refractivity (Wildman–Crippen MR) is 63.3 cm³/mol. The maximum Gasteiger partial charge on any atom is 0.240 e. The van der Waals surface area contributed by atoms with E-state index in [9.17, 15) is 14.4 Å². The molecule has 5 heteroatoms. The number of aldehydes is 1. The fourth-order valence-electron chi connectivity index (χ4n) is 1.87. The van der Waals surface area contributed by atoms with Crippen molar-refractivity contribution in [2.24, 2.45) is 5.92 Å². The molecule has 17 heavy (non-hydrogen) atoms. The van der Waals surface area contributed by atoms with Crippen LogP contribution in [0.4, 0.5) is 0 Å². The number of nitrogens with zero attached hydrogens (tertiary/aromatic N) is 1. The summed E-state index contributed by atoms with van der Waals surface area (Å²) in [7, 11) is 0. The number of amides is 2. The second kappa shape index (κ2) is 7.17. The molecule has 0 aromatic rings. The van der Waals surface area contributed by atoms with Crippen molar-refractivity contribution in [3.05, 3.63) is 0 Å². The van der Waals surface area contributed by atoms with Gasteiger partial charge in [-0.2, -0.15) is 0 Å². The molecule has 0 aliphatic carbocycles. The Morgan fingerprint density at radius 2 is 1.94 bits per heavy atom. The van der Waals surface area contributed by atoms with Gasteiger partial charge in [-0.3, -0.25) is 19.8 Å². The van der Waals surface area contributed by atoms with E-state index in [1.165, 1.54) is 0 Å². The van der Waals surface area contributed by atoms with Crippen molar-refractivity contribution in [2.75, 3.05) is 19.6 Å². The average Bonchev–Trinajstić information content (AvgIpc) is 2.29. The number of rotatable bonds is 5. The lowest BCUT2D eigenvalue weighted by atomic mass is 9.99. The summed E-state index contributed by atoms with van der Waals surface area (Å²) in [6.45, 7) is 4.31. The fourth-order valence-corrected chi connectivity index (χ4v) is 1.87. The van der Waals surface area contributed by atoms with Crippen LogP contribution in [0.15, 0.2) is 0 Å². The Kier molecular flexibility index (Phi) is 5.83. The van der Waals surface area contributed by atoms with Gasteiger partial charge in [-0.05, 0) is 31.8 Å². The molecule has 1 saturated heterocycles. The molecular formula is C12H20N2O3. The number of piperidine rings is 1. The summed E-state index contributed by atoms with van der Waals surface area (Å²) in [6, 6.07) is 0. The van der Waals surface area contributed by atoms with Crippen LogP contribution in [0, 0.1) is 5.92 Å². The van der Waals surface area contributed by atoms with Crippen LogP contribution in [0.1, 0.15) is 32.6 Å². The van der Waals surface area contributed by atoms with E-state index < -0.39 is 0 Å². The molecule has 1 N–H and O–H groups in total. The molecule has 0 unspecified atom stereocenters. The van der Waals surface area contributed by atoms with E-state index in [1.54, 1.807) is 0 Å². The Morgan fingerprint density at radius 1 is 1.29 bits per heavy atom. The summed E-state index contributed by atoms with van der Waals surface area (Å²) in [5.74, 6) is 0.0893. The molecule has 1 aliphatic heterocycles. The monoisotopic (exact) mass is 240 g/mol. The van der Waals surface area contributed by atoms with Gasteiger partial charge < -0.3 is 4.79 Å². The Morgan fingerprint density at radius 3 is 2.53 bits per heavy atom. The smallest absolute Gasteiger partial charge is 0.240 e. The van der Waals surface area contributed by atoms with Crippen molar-refractivity contribution in [1.82, 2.24) is 10.2 Å². The van der Waals surface area contributed by atoms with Gasteiger partial charge in [-0.25, -0.2) is 0 Å². The summed E-state index contributed by atoms with van der Waals surface area (Å²) < 4.78 is 0. The van der Waals surface area contributed by atoms with Crippen LogP contribution < -0.4 is 5.32 Å². The Hall–Kier alpha value is -1.23. The third kappa shape index (κ3) is 5.58. The largest absolute Gasteiger partial charge is 0.303 e. The summed E-state index contributed by atoms with van der Waals surface area (Å²) in [5.41, 5.74) is 0. The maximum atomic E-state index is 11.5. The summed E-state index contributed by atoms with van der Waals surface area (Å²) in [6.07, 6.45) is 3.14. The van der Waals surface area contributed by atoms with Gasteiger partial charge in [0.15, 0.2) is 0 Å². The van der Waals surface area contributed by atoms with Gasteiger partial charge in [0.05, 0.1) is 6.54 Å². The fraction of sp³-hybridized carbons (Fsp3) is 0.750. The van der Waals surface area contributed by atoms with E-state index in [0.29, 0.717) is 6.29 Å². The molecular weight excluding hydrogens is 220 g/mol. The Bertz CT molecular complexity index is 283. The molecule has 0 aromatic carbocycles. The zero-order valence-electron chi connectivity index (χ0n) is 10.3. The van der Waals surface area contributed by atoms with E-state index in [-0.39, 0.29) is 31.2 Å². The number of imide groups is 1. The van der Waals surface area contributed by atoms with E-state index >= 15 is 0 Å². The maximum absolute atomic E-state index is 11.5. The first-order valence-electron chi connectivity index (χ1n) is 6.10. The highest BCUT2D eigenvalue weighted by Gasteiger charge is 2.18. The summed E-state index contributed by atoms with van der Waals surface area (Å²) in [4.78, 5) is 34.8. The Balaban J connectivity index is 2.20. The minimum Gasteiger partial charge on any atom is -0.303 e. The van der Waals surface area contributed by atoms with E-state index in [0.717, 1.165) is 31.8 Å². The molecule has 1 fully saturated rings. The first kappa shape index (κ1) is 13.8. The molecule has 5 nitrogen and oxygen atoms in total. The Labute approximate surface area is 102 Å². The van der Waals surface area contributed by atoms with Crippen LogP contribution in [0.3, 0.4) is 0 Å².